The molecule has 0 amide bonds. The molecule has 0 saturated carbocycles. The third kappa shape index (κ3) is 2.67. The summed E-state index contributed by atoms with van der Waals surface area (Å²) in [7, 11) is 4.06. The van der Waals surface area contributed by atoms with E-state index in [9.17, 15) is 0 Å². The number of rotatable bonds is 5. The fraction of sp³-hybridized carbons (Fsp3) is 0.250. The van der Waals surface area contributed by atoms with Crippen molar-refractivity contribution in [3.05, 3.63) is 36.6 Å². The van der Waals surface area contributed by atoms with Gasteiger partial charge in [-0.25, -0.2) is 4.68 Å². The standard InChI is InChI=1S/C16H16N6O2/c1-21(2)7-8-22-13-6-5-11(10-12(13)18-20-22)15-17-16(24-19-15)14-4-3-9-23-14/h3-6,9-10H,7-8H2,1-2H3. The molecule has 0 saturated heterocycles. The van der Waals surface area contributed by atoms with Crippen LogP contribution in [0.5, 0.6) is 0 Å². The molecule has 3 heterocycles. The highest BCUT2D eigenvalue weighted by Gasteiger charge is 2.14. The van der Waals surface area contributed by atoms with E-state index in [-0.39, 0.29) is 0 Å². The molecule has 0 aliphatic heterocycles. The molecule has 0 radical (unpaired) electrons. The highest BCUT2D eigenvalue weighted by Crippen LogP contribution is 2.24. The van der Waals surface area contributed by atoms with Crippen molar-refractivity contribution in [3.63, 3.8) is 0 Å². The topological polar surface area (TPSA) is 86.0 Å². The van der Waals surface area contributed by atoms with Crippen molar-refractivity contribution < 1.29 is 8.94 Å². The third-order valence-corrected chi connectivity index (χ3v) is 3.69. The van der Waals surface area contributed by atoms with Crippen molar-refractivity contribution in [3.8, 4) is 23.0 Å². The molecule has 122 valence electrons. The Hall–Kier alpha value is -3.00. The first-order valence-electron chi connectivity index (χ1n) is 7.56. The Morgan fingerprint density at radius 1 is 1.21 bits per heavy atom. The van der Waals surface area contributed by atoms with Gasteiger partial charge in [-0.15, -0.1) is 5.10 Å². The lowest BCUT2D eigenvalue weighted by Crippen LogP contribution is -2.18. The summed E-state index contributed by atoms with van der Waals surface area (Å²) < 4.78 is 12.4. The zero-order valence-electron chi connectivity index (χ0n) is 13.4. The molecule has 0 spiro atoms. The molecule has 24 heavy (non-hydrogen) atoms. The Labute approximate surface area is 137 Å². The van der Waals surface area contributed by atoms with Crippen LogP contribution in [0.1, 0.15) is 0 Å². The average Bonchev–Trinajstić information content (AvgIpc) is 3.31. The fourth-order valence-corrected chi connectivity index (χ4v) is 2.41. The maximum atomic E-state index is 5.26. The van der Waals surface area contributed by atoms with Gasteiger partial charge in [-0.1, -0.05) is 10.4 Å². The normalized spacial score (nSPS) is 11.6. The number of furan rings is 1. The van der Waals surface area contributed by atoms with Crippen molar-refractivity contribution in [2.24, 2.45) is 0 Å². The van der Waals surface area contributed by atoms with Gasteiger partial charge < -0.3 is 13.8 Å². The maximum Gasteiger partial charge on any atom is 0.293 e. The van der Waals surface area contributed by atoms with Gasteiger partial charge in [0.2, 0.25) is 5.82 Å². The van der Waals surface area contributed by atoms with Crippen LogP contribution in [0.2, 0.25) is 0 Å². The molecule has 0 N–H and O–H groups in total. The molecule has 0 aliphatic carbocycles. The Bertz CT molecular complexity index is 954. The molecular weight excluding hydrogens is 308 g/mol. The van der Waals surface area contributed by atoms with Crippen LogP contribution in [-0.4, -0.2) is 50.7 Å². The minimum Gasteiger partial charge on any atom is -0.459 e. The lowest BCUT2D eigenvalue weighted by Gasteiger charge is -2.09. The van der Waals surface area contributed by atoms with E-state index in [4.69, 9.17) is 8.94 Å². The predicted molar refractivity (Wildman–Crippen MR) is 87.1 cm³/mol. The van der Waals surface area contributed by atoms with Gasteiger partial charge in [-0.3, -0.25) is 0 Å². The summed E-state index contributed by atoms with van der Waals surface area (Å²) in [6.07, 6.45) is 1.57. The maximum absolute atomic E-state index is 5.26. The zero-order valence-corrected chi connectivity index (χ0v) is 13.4. The quantitative estimate of drug-likeness (QED) is 0.556. The van der Waals surface area contributed by atoms with Crippen molar-refractivity contribution in [2.45, 2.75) is 6.54 Å². The molecule has 3 aromatic heterocycles. The van der Waals surface area contributed by atoms with Crippen molar-refractivity contribution >= 4 is 11.0 Å². The van der Waals surface area contributed by atoms with Gasteiger partial charge >= 0.3 is 0 Å². The van der Waals surface area contributed by atoms with Crippen molar-refractivity contribution in [1.29, 1.82) is 0 Å². The number of hydrogen-bond acceptors (Lipinski definition) is 7. The molecule has 4 rings (SSSR count). The Balaban J connectivity index is 1.64. The molecule has 0 atom stereocenters. The molecule has 8 nitrogen and oxygen atoms in total. The summed E-state index contributed by atoms with van der Waals surface area (Å²) in [6.45, 7) is 1.69. The fourth-order valence-electron chi connectivity index (χ4n) is 2.41. The number of aromatic nitrogens is 5. The predicted octanol–water partition coefficient (Wildman–Crippen LogP) is 2.30. The minimum atomic E-state index is 0.352. The van der Waals surface area contributed by atoms with E-state index in [1.54, 1.807) is 18.4 Å². The number of nitrogens with zero attached hydrogens (tertiary/aromatic N) is 6. The monoisotopic (exact) mass is 324 g/mol. The molecule has 8 heteroatoms. The summed E-state index contributed by atoms with van der Waals surface area (Å²) in [5, 5.41) is 12.4. The first-order valence-corrected chi connectivity index (χ1v) is 7.56. The number of hydrogen-bond donors (Lipinski definition) is 0. The smallest absolute Gasteiger partial charge is 0.293 e. The first kappa shape index (κ1) is 14.6. The first-order chi connectivity index (χ1) is 11.7. The molecular formula is C16H16N6O2. The van der Waals surface area contributed by atoms with E-state index in [1.165, 1.54) is 0 Å². The number of benzene rings is 1. The lowest BCUT2D eigenvalue weighted by molar-refractivity contribution is 0.374. The minimum absolute atomic E-state index is 0.352. The average molecular weight is 324 g/mol. The summed E-state index contributed by atoms with van der Waals surface area (Å²) >= 11 is 0. The molecule has 0 fully saturated rings. The third-order valence-electron chi connectivity index (χ3n) is 3.69. The van der Waals surface area contributed by atoms with Crippen LogP contribution >= 0.6 is 0 Å². The van der Waals surface area contributed by atoms with Crippen LogP contribution in [0.3, 0.4) is 0 Å². The second-order valence-electron chi connectivity index (χ2n) is 5.72. The van der Waals surface area contributed by atoms with Gasteiger partial charge in [0.05, 0.1) is 18.3 Å². The highest BCUT2D eigenvalue weighted by molar-refractivity contribution is 5.80. The van der Waals surface area contributed by atoms with Crippen LogP contribution in [0.15, 0.2) is 45.5 Å². The second kappa shape index (κ2) is 5.89. The van der Waals surface area contributed by atoms with E-state index in [1.807, 2.05) is 37.0 Å². The van der Waals surface area contributed by atoms with Gasteiger partial charge in [0.25, 0.3) is 5.89 Å². The summed E-state index contributed by atoms with van der Waals surface area (Å²) in [5.41, 5.74) is 2.61. The Morgan fingerprint density at radius 3 is 2.92 bits per heavy atom. The molecule has 0 bridgehead atoms. The van der Waals surface area contributed by atoms with Crippen molar-refractivity contribution in [2.75, 3.05) is 20.6 Å². The van der Waals surface area contributed by atoms with Crippen LogP contribution in [-0.2, 0) is 6.54 Å². The second-order valence-corrected chi connectivity index (χ2v) is 5.72. The van der Waals surface area contributed by atoms with Gasteiger partial charge in [-0.2, -0.15) is 4.98 Å². The van der Waals surface area contributed by atoms with Crippen LogP contribution in [0.4, 0.5) is 0 Å². The summed E-state index contributed by atoms with van der Waals surface area (Å²) in [4.78, 5) is 6.47. The summed E-state index contributed by atoms with van der Waals surface area (Å²) in [6, 6.07) is 9.37. The largest absolute Gasteiger partial charge is 0.459 e. The van der Waals surface area contributed by atoms with E-state index >= 15 is 0 Å². The molecule has 0 unspecified atom stereocenters. The number of fused-ring (bicyclic) bond motifs is 1. The SMILES string of the molecule is CN(C)CCn1nnc2cc(-c3noc(-c4ccco4)n3)ccc21. The van der Waals surface area contributed by atoms with Gasteiger partial charge in [-0.05, 0) is 44.4 Å². The van der Waals surface area contributed by atoms with Crippen LogP contribution in [0.25, 0.3) is 34.1 Å². The molecule has 4 aromatic rings. The zero-order chi connectivity index (χ0) is 16.5. The van der Waals surface area contributed by atoms with E-state index in [0.29, 0.717) is 17.5 Å². The van der Waals surface area contributed by atoms with Gasteiger partial charge in [0, 0.05) is 12.1 Å². The number of likely N-dealkylation sites (N-methyl/N-ethyl adjacent to an activating group) is 1. The molecule has 1 aromatic carbocycles. The lowest BCUT2D eigenvalue weighted by atomic mass is 10.2. The van der Waals surface area contributed by atoms with E-state index in [2.05, 4.69) is 25.4 Å². The van der Waals surface area contributed by atoms with Crippen LogP contribution < -0.4 is 0 Å². The Kier molecular flexibility index (Phi) is 3.58. The van der Waals surface area contributed by atoms with Gasteiger partial charge in [0.1, 0.15) is 5.52 Å². The summed E-state index contributed by atoms with van der Waals surface area (Å²) in [5.74, 6) is 1.39. The van der Waals surface area contributed by atoms with Crippen LogP contribution in [0, 0.1) is 0 Å². The highest BCUT2D eigenvalue weighted by atomic mass is 16.5. The Morgan fingerprint density at radius 2 is 2.12 bits per heavy atom. The van der Waals surface area contributed by atoms with E-state index in [0.717, 1.165) is 29.7 Å². The van der Waals surface area contributed by atoms with Gasteiger partial charge in [0.15, 0.2) is 5.76 Å². The molecule has 0 aliphatic rings. The van der Waals surface area contributed by atoms with Crippen molar-refractivity contribution in [1.82, 2.24) is 30.0 Å². The van der Waals surface area contributed by atoms with E-state index < -0.39 is 0 Å².